The summed E-state index contributed by atoms with van der Waals surface area (Å²) in [6.45, 7) is 6.06. The van der Waals surface area contributed by atoms with Gasteiger partial charge in [0.25, 0.3) is 10.0 Å². The van der Waals surface area contributed by atoms with Gasteiger partial charge in [0.1, 0.15) is 29.0 Å². The molecule has 0 spiro atoms. The van der Waals surface area contributed by atoms with E-state index in [0.29, 0.717) is 41.0 Å². The van der Waals surface area contributed by atoms with Gasteiger partial charge in [-0.2, -0.15) is 0 Å². The summed E-state index contributed by atoms with van der Waals surface area (Å²) in [6, 6.07) is 9.47. The Bertz CT molecular complexity index is 1420. The number of sulfonamides is 1. The summed E-state index contributed by atoms with van der Waals surface area (Å²) in [6.07, 6.45) is 0.842. The van der Waals surface area contributed by atoms with Gasteiger partial charge < -0.3 is 23.8 Å². The Hall–Kier alpha value is -3.22. The molecule has 3 aromatic rings. The first-order valence-electron chi connectivity index (χ1n) is 12.0. The molecule has 13 heteroatoms. The third kappa shape index (κ3) is 6.68. The van der Waals surface area contributed by atoms with E-state index >= 15 is 0 Å². The minimum absolute atomic E-state index is 0.0217. The highest BCUT2D eigenvalue weighted by Gasteiger charge is 2.36. The molecule has 0 saturated carbocycles. The highest BCUT2D eigenvalue weighted by atomic mass is 35.5. The van der Waals surface area contributed by atoms with E-state index in [4.69, 9.17) is 30.5 Å². The van der Waals surface area contributed by atoms with Crippen LogP contribution in [0.15, 0.2) is 52.9 Å². The molecule has 1 aliphatic heterocycles. The van der Waals surface area contributed by atoms with Gasteiger partial charge in [-0.15, -0.1) is 11.3 Å². The molecule has 0 N–H and O–H groups in total. The van der Waals surface area contributed by atoms with Crippen molar-refractivity contribution in [1.29, 1.82) is 0 Å². The summed E-state index contributed by atoms with van der Waals surface area (Å²) < 4.78 is 50.8. The quantitative estimate of drug-likeness (QED) is 0.332. The molecule has 39 heavy (non-hydrogen) atoms. The van der Waals surface area contributed by atoms with Gasteiger partial charge in [-0.05, 0) is 51.1 Å². The number of anilines is 1. The van der Waals surface area contributed by atoms with Gasteiger partial charge >= 0.3 is 6.09 Å². The zero-order chi connectivity index (χ0) is 28.4. The summed E-state index contributed by atoms with van der Waals surface area (Å²) >= 11 is 7.65. The van der Waals surface area contributed by atoms with Crippen LogP contribution in [0.25, 0.3) is 0 Å². The number of likely N-dealkylation sites (tertiary alicyclic amines) is 1. The molecular weight excluding hydrogens is 566 g/mol. The Balaban J connectivity index is 1.52. The fraction of sp³-hybridized carbons (Fsp3) is 0.385. The molecular formula is C26H30ClN3O7S2. The average Bonchev–Trinajstić information content (AvgIpc) is 3.38. The van der Waals surface area contributed by atoms with E-state index in [-0.39, 0.29) is 22.6 Å². The van der Waals surface area contributed by atoms with Gasteiger partial charge in [-0.25, -0.2) is 22.5 Å². The Morgan fingerprint density at radius 1 is 1.13 bits per heavy atom. The molecule has 1 aliphatic rings. The Morgan fingerprint density at radius 3 is 2.46 bits per heavy atom. The topological polar surface area (TPSA) is 108 Å². The SMILES string of the molecule is COc1ccc(CN(c2nccs2)S(=O)(=O)c2ccc(OC3CN(C(=O)OC(C)(C)C)C3)c(Cl)c2)c(OC)c1. The lowest BCUT2D eigenvalue weighted by molar-refractivity contribution is -0.0221. The van der Waals surface area contributed by atoms with Crippen molar-refractivity contribution in [2.45, 2.75) is 43.9 Å². The van der Waals surface area contributed by atoms with Crippen LogP contribution in [0.5, 0.6) is 17.2 Å². The van der Waals surface area contributed by atoms with Crippen LogP contribution in [-0.2, 0) is 21.3 Å². The van der Waals surface area contributed by atoms with E-state index in [9.17, 15) is 13.2 Å². The second-order valence-electron chi connectivity index (χ2n) is 9.72. The first-order chi connectivity index (χ1) is 18.4. The lowest BCUT2D eigenvalue weighted by Crippen LogP contribution is -2.57. The van der Waals surface area contributed by atoms with Crippen LogP contribution in [0.2, 0.25) is 5.02 Å². The second kappa shape index (κ2) is 11.5. The van der Waals surface area contributed by atoms with Crippen molar-refractivity contribution in [3.63, 3.8) is 0 Å². The zero-order valence-corrected chi connectivity index (χ0v) is 24.6. The van der Waals surface area contributed by atoms with E-state index in [0.717, 1.165) is 0 Å². The number of thiazole rings is 1. The molecule has 1 amide bonds. The lowest BCUT2D eigenvalue weighted by Gasteiger charge is -2.39. The van der Waals surface area contributed by atoms with E-state index in [1.807, 2.05) is 0 Å². The molecule has 1 saturated heterocycles. The summed E-state index contributed by atoms with van der Waals surface area (Å²) in [5, 5.41) is 2.13. The zero-order valence-electron chi connectivity index (χ0n) is 22.2. The van der Waals surface area contributed by atoms with Crippen LogP contribution < -0.4 is 18.5 Å². The molecule has 0 atom stereocenters. The molecule has 0 aliphatic carbocycles. The number of benzene rings is 2. The Morgan fingerprint density at radius 2 is 1.87 bits per heavy atom. The van der Waals surface area contributed by atoms with Crippen LogP contribution in [0.4, 0.5) is 9.93 Å². The molecule has 0 radical (unpaired) electrons. The smallest absolute Gasteiger partial charge is 0.410 e. The van der Waals surface area contributed by atoms with Gasteiger partial charge in [0.15, 0.2) is 5.13 Å². The van der Waals surface area contributed by atoms with Crippen LogP contribution >= 0.6 is 22.9 Å². The number of amides is 1. The molecule has 1 fully saturated rings. The van der Waals surface area contributed by atoms with E-state index < -0.39 is 21.7 Å². The van der Waals surface area contributed by atoms with Crippen LogP contribution in [0, 0.1) is 0 Å². The molecule has 1 aromatic heterocycles. The number of hydrogen-bond donors (Lipinski definition) is 0. The minimum atomic E-state index is -4.07. The normalized spacial score (nSPS) is 13.9. The largest absolute Gasteiger partial charge is 0.497 e. The van der Waals surface area contributed by atoms with Gasteiger partial charge in [-0.3, -0.25) is 0 Å². The number of rotatable bonds is 9. The highest BCUT2D eigenvalue weighted by Crippen LogP contribution is 2.35. The summed E-state index contributed by atoms with van der Waals surface area (Å²) in [5.74, 6) is 1.39. The molecule has 10 nitrogen and oxygen atoms in total. The molecule has 0 unspecified atom stereocenters. The monoisotopic (exact) mass is 595 g/mol. The molecule has 2 heterocycles. The maximum absolute atomic E-state index is 13.8. The van der Waals surface area contributed by atoms with Crippen molar-refractivity contribution in [2.24, 2.45) is 0 Å². The minimum Gasteiger partial charge on any atom is -0.497 e. The summed E-state index contributed by atoms with van der Waals surface area (Å²) in [7, 11) is -1.03. The molecule has 210 valence electrons. The summed E-state index contributed by atoms with van der Waals surface area (Å²) in [5.41, 5.74) is 0.0428. The van der Waals surface area contributed by atoms with Gasteiger partial charge in [0, 0.05) is 23.2 Å². The Kier molecular flexibility index (Phi) is 8.48. The Labute approximate surface area is 237 Å². The third-order valence-electron chi connectivity index (χ3n) is 5.73. The van der Waals surface area contributed by atoms with Crippen LogP contribution in [0.1, 0.15) is 26.3 Å². The first-order valence-corrected chi connectivity index (χ1v) is 14.7. The fourth-order valence-corrected chi connectivity index (χ4v) is 6.35. The maximum Gasteiger partial charge on any atom is 0.410 e. The number of ether oxygens (including phenoxy) is 4. The summed E-state index contributed by atoms with van der Waals surface area (Å²) in [4.78, 5) is 17.9. The number of carbonyl (C=O) groups excluding carboxylic acids is 1. The fourth-order valence-electron chi connectivity index (χ4n) is 3.76. The number of nitrogens with zero attached hydrogens (tertiary/aromatic N) is 3. The standard InChI is InChI=1S/C26H30ClN3O7S2/c1-26(2,3)37-25(31)29-15-19(16-29)36-22-9-8-20(13-21(22)27)39(32,33)30(24-28-10-11-38-24)14-17-6-7-18(34-4)12-23(17)35-5/h6-13,19H,14-16H2,1-5H3. The van der Waals surface area contributed by atoms with Crippen molar-refractivity contribution in [1.82, 2.24) is 9.88 Å². The predicted octanol–water partition coefficient (Wildman–Crippen LogP) is 5.21. The third-order valence-corrected chi connectivity index (χ3v) is 8.66. The predicted molar refractivity (Wildman–Crippen MR) is 149 cm³/mol. The number of aromatic nitrogens is 1. The number of methoxy groups -OCH3 is 2. The second-order valence-corrected chi connectivity index (χ2v) is 12.9. The van der Waals surface area contributed by atoms with Gasteiger partial charge in [0.2, 0.25) is 0 Å². The van der Waals surface area contributed by atoms with Crippen LogP contribution in [0.3, 0.4) is 0 Å². The van der Waals surface area contributed by atoms with E-state index in [1.165, 1.54) is 52.0 Å². The van der Waals surface area contributed by atoms with Gasteiger partial charge in [0.05, 0.1) is 43.8 Å². The van der Waals surface area contributed by atoms with Crippen molar-refractivity contribution >= 4 is 44.2 Å². The van der Waals surface area contributed by atoms with Crippen LogP contribution in [-0.4, -0.2) is 63.4 Å². The first kappa shape index (κ1) is 28.8. The lowest BCUT2D eigenvalue weighted by atomic mass is 10.1. The van der Waals surface area contributed by atoms with Crippen molar-refractivity contribution in [3.05, 3.63) is 58.6 Å². The number of carbonyl (C=O) groups is 1. The number of halogens is 1. The molecule has 0 bridgehead atoms. The van der Waals surface area contributed by atoms with Crippen molar-refractivity contribution < 1.29 is 32.2 Å². The van der Waals surface area contributed by atoms with Gasteiger partial charge in [-0.1, -0.05) is 11.6 Å². The molecule has 4 rings (SSSR count). The van der Waals surface area contributed by atoms with Crippen molar-refractivity contribution in [2.75, 3.05) is 31.6 Å². The van der Waals surface area contributed by atoms with E-state index in [2.05, 4.69) is 4.98 Å². The maximum atomic E-state index is 13.8. The average molecular weight is 596 g/mol. The van der Waals surface area contributed by atoms with Crippen molar-refractivity contribution in [3.8, 4) is 17.2 Å². The molecule has 2 aromatic carbocycles. The number of hydrogen-bond acceptors (Lipinski definition) is 9. The highest BCUT2D eigenvalue weighted by molar-refractivity contribution is 7.93. The van der Waals surface area contributed by atoms with E-state index in [1.54, 1.807) is 51.5 Å².